The second-order valence-electron chi connectivity index (χ2n) is 11.0. The quantitative estimate of drug-likeness (QED) is 0.276. The van der Waals surface area contributed by atoms with Crippen LogP contribution in [0.2, 0.25) is 0 Å². The van der Waals surface area contributed by atoms with E-state index in [4.69, 9.17) is 0 Å². The second kappa shape index (κ2) is 8.89. The Morgan fingerprint density at radius 1 is 0.658 bits per heavy atom. The van der Waals surface area contributed by atoms with E-state index in [1.54, 1.807) is 0 Å². The van der Waals surface area contributed by atoms with E-state index in [-0.39, 0.29) is 5.41 Å². The molecule has 184 valence electrons. The largest absolute Gasteiger partial charge is 0.310 e. The summed E-state index contributed by atoms with van der Waals surface area (Å²) in [7, 11) is 0. The first-order valence-corrected chi connectivity index (χ1v) is 13.6. The number of fused-ring (bicyclic) bond motifs is 4. The minimum atomic E-state index is -0.0339. The normalized spacial score (nSPS) is 18.2. The van der Waals surface area contributed by atoms with Gasteiger partial charge >= 0.3 is 0 Å². The molecule has 0 bridgehead atoms. The maximum absolute atomic E-state index is 2.40. The lowest BCUT2D eigenvalue weighted by atomic mass is 9.82. The van der Waals surface area contributed by atoms with Crippen LogP contribution in [0.1, 0.15) is 37.0 Å². The van der Waals surface area contributed by atoms with Crippen LogP contribution in [-0.2, 0) is 5.41 Å². The minimum absolute atomic E-state index is 0.0339. The first kappa shape index (κ1) is 22.8. The fourth-order valence-corrected chi connectivity index (χ4v) is 6.42. The predicted octanol–water partition coefficient (Wildman–Crippen LogP) is 9.92. The molecule has 1 atom stereocenters. The lowest BCUT2D eigenvalue weighted by Gasteiger charge is -2.28. The summed E-state index contributed by atoms with van der Waals surface area (Å²) in [5.41, 5.74) is 13.0. The highest BCUT2D eigenvalue weighted by atomic mass is 15.1. The van der Waals surface area contributed by atoms with Crippen LogP contribution in [0.3, 0.4) is 0 Å². The SMILES string of the molecule is CC1(C)c2ccccc2-c2ccc(N(c3ccccc3)c3ccc(C4=C5C=CC=CC5CC=C4)cc3)cc21. The van der Waals surface area contributed by atoms with Crippen molar-refractivity contribution in [1.82, 2.24) is 0 Å². The highest BCUT2D eigenvalue weighted by molar-refractivity contribution is 5.86. The van der Waals surface area contributed by atoms with Crippen LogP contribution in [0.25, 0.3) is 16.7 Å². The summed E-state index contributed by atoms with van der Waals surface area (Å²) in [6.45, 7) is 4.69. The van der Waals surface area contributed by atoms with Gasteiger partial charge in [0.05, 0.1) is 0 Å². The monoisotopic (exact) mass is 489 g/mol. The van der Waals surface area contributed by atoms with E-state index < -0.39 is 0 Å². The lowest BCUT2D eigenvalue weighted by molar-refractivity contribution is 0.660. The fraction of sp³-hybridized carbons (Fsp3) is 0.135. The molecule has 0 N–H and O–H groups in total. The summed E-state index contributed by atoms with van der Waals surface area (Å²) in [4.78, 5) is 2.38. The number of rotatable bonds is 4. The molecule has 3 aliphatic rings. The molecule has 0 saturated carbocycles. The van der Waals surface area contributed by atoms with Crippen molar-refractivity contribution in [3.05, 3.63) is 156 Å². The predicted molar refractivity (Wildman–Crippen MR) is 161 cm³/mol. The van der Waals surface area contributed by atoms with E-state index in [9.17, 15) is 0 Å². The molecule has 1 unspecified atom stereocenters. The van der Waals surface area contributed by atoms with E-state index in [1.807, 2.05) is 0 Å². The summed E-state index contributed by atoms with van der Waals surface area (Å²) in [5.74, 6) is 0.486. The van der Waals surface area contributed by atoms with Gasteiger partial charge in [0.15, 0.2) is 0 Å². The molecule has 38 heavy (non-hydrogen) atoms. The zero-order valence-corrected chi connectivity index (χ0v) is 21.9. The van der Waals surface area contributed by atoms with Crippen LogP contribution in [0.15, 0.2) is 139 Å². The van der Waals surface area contributed by atoms with Crippen molar-refractivity contribution in [3.63, 3.8) is 0 Å². The number of hydrogen-bond donors (Lipinski definition) is 0. The molecule has 0 saturated heterocycles. The molecular weight excluding hydrogens is 458 g/mol. The van der Waals surface area contributed by atoms with Gasteiger partial charge in [-0.15, -0.1) is 0 Å². The zero-order valence-electron chi connectivity index (χ0n) is 21.9. The van der Waals surface area contributed by atoms with Gasteiger partial charge in [-0.2, -0.15) is 0 Å². The van der Waals surface area contributed by atoms with E-state index in [0.29, 0.717) is 5.92 Å². The molecule has 0 aromatic heterocycles. The third-order valence-electron chi connectivity index (χ3n) is 8.39. The molecule has 0 radical (unpaired) electrons. The third kappa shape index (κ3) is 3.62. The molecule has 1 heteroatoms. The van der Waals surface area contributed by atoms with Crippen molar-refractivity contribution >= 4 is 22.6 Å². The topological polar surface area (TPSA) is 3.24 Å². The Hall–Kier alpha value is -4.36. The average Bonchev–Trinajstić information content (AvgIpc) is 3.20. The van der Waals surface area contributed by atoms with E-state index >= 15 is 0 Å². The number of nitrogens with zero attached hydrogens (tertiary/aromatic N) is 1. The maximum Gasteiger partial charge on any atom is 0.0465 e. The minimum Gasteiger partial charge on any atom is -0.310 e. The molecule has 0 aliphatic heterocycles. The van der Waals surface area contributed by atoms with Gasteiger partial charge in [0.25, 0.3) is 0 Å². The van der Waals surface area contributed by atoms with Crippen molar-refractivity contribution < 1.29 is 0 Å². The summed E-state index contributed by atoms with van der Waals surface area (Å²) in [6.07, 6.45) is 14.6. The van der Waals surface area contributed by atoms with Crippen molar-refractivity contribution in [2.24, 2.45) is 5.92 Å². The van der Waals surface area contributed by atoms with Gasteiger partial charge in [0.1, 0.15) is 0 Å². The lowest BCUT2D eigenvalue weighted by Crippen LogP contribution is -2.16. The van der Waals surface area contributed by atoms with Gasteiger partial charge < -0.3 is 4.90 Å². The van der Waals surface area contributed by atoms with Crippen LogP contribution in [0, 0.1) is 5.92 Å². The Morgan fingerprint density at radius 3 is 2.21 bits per heavy atom. The van der Waals surface area contributed by atoms with Gasteiger partial charge in [-0.3, -0.25) is 0 Å². The molecule has 4 aromatic carbocycles. The molecular formula is C37H31N. The fourth-order valence-electron chi connectivity index (χ4n) is 6.42. The average molecular weight is 490 g/mol. The molecule has 0 fully saturated rings. The van der Waals surface area contributed by atoms with Crippen LogP contribution in [-0.4, -0.2) is 0 Å². The van der Waals surface area contributed by atoms with Gasteiger partial charge in [0.2, 0.25) is 0 Å². The van der Waals surface area contributed by atoms with Crippen molar-refractivity contribution in [2.75, 3.05) is 4.90 Å². The number of para-hydroxylation sites is 1. The Bertz CT molecular complexity index is 1640. The van der Waals surface area contributed by atoms with Gasteiger partial charge in [0, 0.05) is 28.4 Å². The van der Waals surface area contributed by atoms with Crippen molar-refractivity contribution in [2.45, 2.75) is 25.7 Å². The summed E-state index contributed by atoms with van der Waals surface area (Å²) in [6, 6.07) is 35.6. The van der Waals surface area contributed by atoms with E-state index in [0.717, 1.165) is 17.8 Å². The highest BCUT2D eigenvalue weighted by Crippen LogP contribution is 2.50. The van der Waals surface area contributed by atoms with Gasteiger partial charge in [-0.05, 0) is 81.8 Å². The molecule has 1 nitrogen and oxygen atoms in total. The molecule has 0 amide bonds. The maximum atomic E-state index is 2.40. The van der Waals surface area contributed by atoms with Crippen LogP contribution in [0.4, 0.5) is 17.1 Å². The smallest absolute Gasteiger partial charge is 0.0465 e. The number of benzene rings is 4. The first-order chi connectivity index (χ1) is 18.6. The summed E-state index contributed by atoms with van der Waals surface area (Å²) < 4.78 is 0. The highest BCUT2D eigenvalue weighted by Gasteiger charge is 2.35. The van der Waals surface area contributed by atoms with E-state index in [1.165, 1.54) is 44.7 Å². The summed E-state index contributed by atoms with van der Waals surface area (Å²) in [5, 5.41) is 0. The zero-order chi connectivity index (χ0) is 25.7. The van der Waals surface area contributed by atoms with Gasteiger partial charge in [-0.1, -0.05) is 111 Å². The molecule has 4 aromatic rings. The first-order valence-electron chi connectivity index (χ1n) is 13.6. The molecule has 3 aliphatic carbocycles. The third-order valence-corrected chi connectivity index (χ3v) is 8.39. The summed E-state index contributed by atoms with van der Waals surface area (Å²) >= 11 is 0. The number of anilines is 3. The van der Waals surface area contributed by atoms with Crippen LogP contribution < -0.4 is 4.90 Å². The van der Waals surface area contributed by atoms with Crippen molar-refractivity contribution in [1.29, 1.82) is 0 Å². The van der Waals surface area contributed by atoms with Crippen LogP contribution >= 0.6 is 0 Å². The molecule has 7 rings (SSSR count). The standard InChI is InChI=1S/C37H31N/c1-37(2)35-18-9-8-16-33(35)34-24-23-30(25-36(34)37)38(28-13-4-3-5-14-28)29-21-19-27(20-22-29)32-17-10-12-26-11-6-7-15-31(26)32/h3-11,13-26H,12H2,1-2H3. The Morgan fingerprint density at radius 2 is 1.37 bits per heavy atom. The van der Waals surface area contributed by atoms with Gasteiger partial charge in [-0.25, -0.2) is 0 Å². The number of allylic oxidation sites excluding steroid dienone is 8. The van der Waals surface area contributed by atoms with E-state index in [2.05, 4.69) is 152 Å². The second-order valence-corrected chi connectivity index (χ2v) is 11.0. The molecule has 0 heterocycles. The Kier molecular flexibility index (Phi) is 5.33. The van der Waals surface area contributed by atoms with Crippen LogP contribution in [0.5, 0.6) is 0 Å². The Labute approximate surface area is 225 Å². The Balaban J connectivity index is 1.32. The molecule has 0 spiro atoms. The number of hydrogen-bond acceptors (Lipinski definition) is 1. The van der Waals surface area contributed by atoms with Crippen molar-refractivity contribution in [3.8, 4) is 11.1 Å².